The van der Waals surface area contributed by atoms with Crippen LogP contribution >= 0.6 is 11.3 Å². The lowest BCUT2D eigenvalue weighted by molar-refractivity contribution is 0.647. The van der Waals surface area contributed by atoms with Crippen LogP contribution in [-0.4, -0.2) is 37.1 Å². The molecule has 2 aromatic rings. The first-order valence-corrected chi connectivity index (χ1v) is 10.2. The fourth-order valence-corrected chi connectivity index (χ4v) is 3.93. The molecule has 2 N–H and O–H groups in total. The molecule has 0 amide bonds. The third-order valence-corrected chi connectivity index (χ3v) is 5.85. The SMILES string of the molecule is CN=C(NCc1csc(C(C)C)n1)NC1CCN(c2ccc(C)cc2)C1. The second-order valence-corrected chi connectivity index (χ2v) is 8.06. The van der Waals surface area contributed by atoms with Gasteiger partial charge in [0, 0.05) is 43.2 Å². The van der Waals surface area contributed by atoms with E-state index < -0.39 is 0 Å². The van der Waals surface area contributed by atoms with Crippen molar-refractivity contribution in [2.45, 2.75) is 45.7 Å². The zero-order valence-corrected chi connectivity index (χ0v) is 16.9. The Morgan fingerprint density at radius 2 is 2.12 bits per heavy atom. The van der Waals surface area contributed by atoms with Crippen LogP contribution in [-0.2, 0) is 6.54 Å². The highest BCUT2D eigenvalue weighted by molar-refractivity contribution is 7.09. The Bertz CT molecular complexity index is 735. The fraction of sp³-hybridized carbons (Fsp3) is 0.500. The maximum atomic E-state index is 4.67. The number of thiazole rings is 1. The molecule has 0 spiro atoms. The Morgan fingerprint density at radius 3 is 2.77 bits per heavy atom. The van der Waals surface area contributed by atoms with Gasteiger partial charge in [0.25, 0.3) is 0 Å². The van der Waals surface area contributed by atoms with Crippen LogP contribution in [0.1, 0.15) is 42.5 Å². The molecule has 140 valence electrons. The van der Waals surface area contributed by atoms with Gasteiger partial charge in [-0.05, 0) is 25.5 Å². The van der Waals surface area contributed by atoms with Crippen LogP contribution < -0.4 is 15.5 Å². The largest absolute Gasteiger partial charge is 0.369 e. The number of aryl methyl sites for hydroxylation is 1. The molecule has 1 saturated heterocycles. The van der Waals surface area contributed by atoms with Crippen LogP contribution in [0.3, 0.4) is 0 Å². The third-order valence-electron chi connectivity index (χ3n) is 4.65. The Morgan fingerprint density at radius 1 is 1.35 bits per heavy atom. The van der Waals surface area contributed by atoms with Crippen LogP contribution in [0.15, 0.2) is 34.6 Å². The number of nitrogens with zero attached hydrogens (tertiary/aromatic N) is 3. The number of benzene rings is 1. The van der Waals surface area contributed by atoms with Crippen molar-refractivity contribution < 1.29 is 0 Å². The summed E-state index contributed by atoms with van der Waals surface area (Å²) < 4.78 is 0. The fourth-order valence-electron chi connectivity index (χ4n) is 3.10. The van der Waals surface area contributed by atoms with Crippen LogP contribution in [0.5, 0.6) is 0 Å². The average Bonchev–Trinajstić information content (AvgIpc) is 3.29. The molecule has 1 aromatic heterocycles. The van der Waals surface area contributed by atoms with Crippen LogP contribution in [0.25, 0.3) is 0 Å². The quantitative estimate of drug-likeness (QED) is 0.624. The van der Waals surface area contributed by atoms with Gasteiger partial charge in [-0.15, -0.1) is 11.3 Å². The van der Waals surface area contributed by atoms with Gasteiger partial charge in [-0.25, -0.2) is 4.98 Å². The minimum Gasteiger partial charge on any atom is -0.369 e. The van der Waals surface area contributed by atoms with Crippen molar-refractivity contribution in [1.29, 1.82) is 0 Å². The molecule has 0 radical (unpaired) electrons. The number of nitrogens with one attached hydrogen (secondary N) is 2. The van der Waals surface area contributed by atoms with Crippen molar-refractivity contribution in [2.24, 2.45) is 4.99 Å². The van der Waals surface area contributed by atoms with E-state index >= 15 is 0 Å². The number of rotatable bonds is 5. The molecule has 6 heteroatoms. The van der Waals surface area contributed by atoms with Crippen molar-refractivity contribution in [1.82, 2.24) is 15.6 Å². The minimum absolute atomic E-state index is 0.407. The summed E-state index contributed by atoms with van der Waals surface area (Å²) in [5, 5.41) is 10.3. The highest BCUT2D eigenvalue weighted by atomic mass is 32.1. The maximum Gasteiger partial charge on any atom is 0.191 e. The highest BCUT2D eigenvalue weighted by Crippen LogP contribution is 2.21. The maximum absolute atomic E-state index is 4.67. The molecular formula is C20H29N5S. The van der Waals surface area contributed by atoms with Crippen LogP contribution in [0.4, 0.5) is 5.69 Å². The van der Waals surface area contributed by atoms with Crippen molar-refractivity contribution in [2.75, 3.05) is 25.0 Å². The summed E-state index contributed by atoms with van der Waals surface area (Å²) in [6.45, 7) is 9.25. The van der Waals surface area contributed by atoms with E-state index in [0.717, 1.165) is 31.2 Å². The molecule has 3 rings (SSSR count). The first-order valence-electron chi connectivity index (χ1n) is 9.28. The van der Waals surface area contributed by atoms with E-state index in [2.05, 4.69) is 75.9 Å². The summed E-state index contributed by atoms with van der Waals surface area (Å²) in [5.74, 6) is 1.33. The lowest BCUT2D eigenvalue weighted by Gasteiger charge is -2.20. The topological polar surface area (TPSA) is 52.6 Å². The molecule has 1 aliphatic rings. The third kappa shape index (κ3) is 4.75. The van der Waals surface area contributed by atoms with E-state index in [-0.39, 0.29) is 0 Å². The van der Waals surface area contributed by atoms with Gasteiger partial charge in [-0.3, -0.25) is 4.99 Å². The van der Waals surface area contributed by atoms with E-state index in [4.69, 9.17) is 0 Å². The summed E-state index contributed by atoms with van der Waals surface area (Å²) in [6, 6.07) is 9.17. The molecule has 2 heterocycles. The van der Waals surface area contributed by atoms with E-state index in [1.54, 1.807) is 11.3 Å². The average molecular weight is 372 g/mol. The molecule has 0 aliphatic carbocycles. The second-order valence-electron chi connectivity index (χ2n) is 7.17. The molecule has 0 bridgehead atoms. The van der Waals surface area contributed by atoms with Gasteiger partial charge in [0.15, 0.2) is 5.96 Å². The van der Waals surface area contributed by atoms with Crippen molar-refractivity contribution in [3.8, 4) is 0 Å². The lowest BCUT2D eigenvalue weighted by Crippen LogP contribution is -2.44. The van der Waals surface area contributed by atoms with Gasteiger partial charge >= 0.3 is 0 Å². The predicted octanol–water partition coefficient (Wildman–Crippen LogP) is 3.52. The van der Waals surface area contributed by atoms with Crippen molar-refractivity contribution >= 4 is 23.0 Å². The van der Waals surface area contributed by atoms with E-state index in [0.29, 0.717) is 18.5 Å². The zero-order valence-electron chi connectivity index (χ0n) is 16.1. The number of anilines is 1. The molecule has 0 saturated carbocycles. The van der Waals surface area contributed by atoms with E-state index in [9.17, 15) is 0 Å². The Kier molecular flexibility index (Phi) is 6.14. The molecule has 26 heavy (non-hydrogen) atoms. The lowest BCUT2D eigenvalue weighted by atomic mass is 10.2. The molecule has 5 nitrogen and oxygen atoms in total. The van der Waals surface area contributed by atoms with Gasteiger partial charge in [-0.2, -0.15) is 0 Å². The van der Waals surface area contributed by atoms with Gasteiger partial charge < -0.3 is 15.5 Å². The summed E-state index contributed by atoms with van der Waals surface area (Å²) in [6.07, 6.45) is 1.11. The van der Waals surface area contributed by atoms with Gasteiger partial charge in [0.05, 0.1) is 17.2 Å². The minimum atomic E-state index is 0.407. The monoisotopic (exact) mass is 371 g/mol. The summed E-state index contributed by atoms with van der Waals surface area (Å²) >= 11 is 1.73. The normalized spacial score (nSPS) is 17.8. The molecule has 1 aliphatic heterocycles. The van der Waals surface area contributed by atoms with Crippen molar-refractivity contribution in [3.05, 3.63) is 45.9 Å². The summed E-state index contributed by atoms with van der Waals surface area (Å²) in [5.41, 5.74) is 3.68. The van der Waals surface area contributed by atoms with Gasteiger partial charge in [-0.1, -0.05) is 31.5 Å². The molecule has 1 fully saturated rings. The van der Waals surface area contributed by atoms with Crippen LogP contribution in [0, 0.1) is 6.92 Å². The Hall–Kier alpha value is -2.08. The Balaban J connectivity index is 1.50. The first-order chi connectivity index (χ1) is 12.5. The number of aliphatic imine (C=N–C) groups is 1. The first kappa shape index (κ1) is 18.7. The highest BCUT2D eigenvalue weighted by Gasteiger charge is 2.23. The summed E-state index contributed by atoms with van der Waals surface area (Å²) in [7, 11) is 1.82. The molecule has 1 aromatic carbocycles. The van der Waals surface area contributed by atoms with Gasteiger partial charge in [0.1, 0.15) is 0 Å². The van der Waals surface area contributed by atoms with Crippen LogP contribution in [0.2, 0.25) is 0 Å². The molecule has 1 atom stereocenters. The predicted molar refractivity (Wildman–Crippen MR) is 111 cm³/mol. The smallest absolute Gasteiger partial charge is 0.191 e. The molecule has 1 unspecified atom stereocenters. The second kappa shape index (κ2) is 8.54. The summed E-state index contributed by atoms with van der Waals surface area (Å²) in [4.78, 5) is 11.5. The van der Waals surface area contributed by atoms with E-state index in [1.165, 1.54) is 16.3 Å². The molecular weight excluding hydrogens is 342 g/mol. The van der Waals surface area contributed by atoms with E-state index in [1.807, 2.05) is 7.05 Å². The number of hydrogen-bond acceptors (Lipinski definition) is 4. The zero-order chi connectivity index (χ0) is 18.5. The number of hydrogen-bond donors (Lipinski definition) is 2. The number of guanidine groups is 1. The standard InChI is InChI=1S/C20H29N5S/c1-14(2)19-23-17(13-26-19)11-22-20(21-4)24-16-9-10-25(12-16)18-7-5-15(3)6-8-18/h5-8,13-14,16H,9-12H2,1-4H3,(H2,21,22,24). The van der Waals surface area contributed by atoms with Gasteiger partial charge in [0.2, 0.25) is 0 Å². The Labute approximate surface area is 160 Å². The number of aromatic nitrogens is 1. The van der Waals surface area contributed by atoms with Crippen molar-refractivity contribution in [3.63, 3.8) is 0 Å².